The number of methoxy groups -OCH3 is 1. The highest BCUT2D eigenvalue weighted by molar-refractivity contribution is 7.82. The highest BCUT2D eigenvalue weighted by Crippen LogP contribution is 2.38. The SMILES string of the molecule is CC.COc1ccccc1C1CCC(OC[C@@H]2NCC[C@@H]2NS(C)=O)CC1. The molecule has 3 atom stereocenters. The smallest absolute Gasteiger partial charge is 0.122 e. The quantitative estimate of drug-likeness (QED) is 0.742. The Balaban J connectivity index is 0.00000126. The highest BCUT2D eigenvalue weighted by Gasteiger charge is 2.30. The van der Waals surface area contributed by atoms with Crippen molar-refractivity contribution in [2.45, 2.75) is 70.1 Å². The molecule has 0 bridgehead atoms. The lowest BCUT2D eigenvalue weighted by Gasteiger charge is -2.31. The molecule has 5 nitrogen and oxygen atoms in total. The maximum atomic E-state index is 11.4. The standard InChI is InChI=1S/C19H30N2O3S.C2H6/c1-23-19-6-4-3-5-16(19)14-7-9-15(10-8-14)24-13-18-17(11-12-20-18)21-25(2)22;1-2/h3-6,14-15,17-18,20-21H,7-13H2,1-2H3;1-2H3/t14?,15?,17-,18-,25?;/m0./s1. The van der Waals surface area contributed by atoms with E-state index >= 15 is 0 Å². The van der Waals surface area contributed by atoms with E-state index in [4.69, 9.17) is 9.47 Å². The second kappa shape index (κ2) is 11.8. The van der Waals surface area contributed by atoms with Crippen molar-refractivity contribution < 1.29 is 13.7 Å². The number of nitrogens with one attached hydrogen (secondary N) is 2. The molecule has 0 spiro atoms. The topological polar surface area (TPSA) is 59.6 Å². The molecular formula is C21H36N2O3S. The van der Waals surface area contributed by atoms with Crippen molar-refractivity contribution in [1.29, 1.82) is 0 Å². The Labute approximate surface area is 167 Å². The third-order valence-electron chi connectivity index (χ3n) is 5.43. The molecule has 3 rings (SSSR count). The zero-order chi connectivity index (χ0) is 19.6. The molecular weight excluding hydrogens is 360 g/mol. The largest absolute Gasteiger partial charge is 0.496 e. The molecule has 6 heteroatoms. The van der Waals surface area contributed by atoms with Gasteiger partial charge < -0.3 is 14.8 Å². The van der Waals surface area contributed by atoms with E-state index in [2.05, 4.69) is 28.2 Å². The zero-order valence-corrected chi connectivity index (χ0v) is 18.0. The summed E-state index contributed by atoms with van der Waals surface area (Å²) in [6, 6.07) is 8.87. The predicted octanol–water partition coefficient (Wildman–Crippen LogP) is 3.38. The van der Waals surface area contributed by atoms with Gasteiger partial charge in [-0.25, -0.2) is 8.93 Å². The third kappa shape index (κ3) is 6.56. The first kappa shape index (κ1) is 22.3. The molecule has 2 fully saturated rings. The molecule has 1 aliphatic carbocycles. The fraction of sp³-hybridized carbons (Fsp3) is 0.714. The maximum absolute atomic E-state index is 11.4. The van der Waals surface area contributed by atoms with Crippen molar-refractivity contribution in [2.75, 3.05) is 26.5 Å². The zero-order valence-electron chi connectivity index (χ0n) is 17.2. The Kier molecular flexibility index (Phi) is 9.76. The van der Waals surface area contributed by atoms with Gasteiger partial charge in [0, 0.05) is 18.3 Å². The van der Waals surface area contributed by atoms with Gasteiger partial charge in [0.25, 0.3) is 0 Å². The van der Waals surface area contributed by atoms with Crippen molar-refractivity contribution in [3.8, 4) is 5.75 Å². The van der Waals surface area contributed by atoms with Gasteiger partial charge in [0.05, 0.1) is 30.8 Å². The molecule has 1 saturated heterocycles. The van der Waals surface area contributed by atoms with Crippen LogP contribution in [0.2, 0.25) is 0 Å². The molecule has 1 aliphatic heterocycles. The molecule has 0 radical (unpaired) electrons. The second-order valence-electron chi connectivity index (χ2n) is 7.08. The Bertz CT molecular complexity index is 576. The van der Waals surface area contributed by atoms with E-state index < -0.39 is 11.0 Å². The van der Waals surface area contributed by atoms with Crippen molar-refractivity contribution in [3.63, 3.8) is 0 Å². The summed E-state index contributed by atoms with van der Waals surface area (Å²) in [5.41, 5.74) is 1.33. The summed E-state index contributed by atoms with van der Waals surface area (Å²) < 4.78 is 26.2. The van der Waals surface area contributed by atoms with Crippen molar-refractivity contribution in [3.05, 3.63) is 29.8 Å². The van der Waals surface area contributed by atoms with E-state index in [0.29, 0.717) is 18.6 Å². The third-order valence-corrected chi connectivity index (χ3v) is 6.06. The molecule has 2 N–H and O–H groups in total. The summed E-state index contributed by atoms with van der Waals surface area (Å²) in [6.07, 6.45) is 7.50. The minimum absolute atomic E-state index is 0.246. The molecule has 1 aromatic rings. The molecule has 154 valence electrons. The van der Waals surface area contributed by atoms with Gasteiger partial charge in [-0.3, -0.25) is 0 Å². The van der Waals surface area contributed by atoms with Crippen LogP contribution in [0.5, 0.6) is 5.75 Å². The van der Waals surface area contributed by atoms with Crippen LogP contribution in [0.1, 0.15) is 57.4 Å². The van der Waals surface area contributed by atoms with Crippen molar-refractivity contribution in [2.24, 2.45) is 0 Å². The molecule has 1 heterocycles. The minimum atomic E-state index is -0.971. The first-order chi connectivity index (χ1) is 13.2. The van der Waals surface area contributed by atoms with E-state index in [1.807, 2.05) is 19.9 Å². The first-order valence-corrected chi connectivity index (χ1v) is 11.8. The van der Waals surface area contributed by atoms with E-state index in [9.17, 15) is 4.21 Å². The normalized spacial score (nSPS) is 28.9. The van der Waals surface area contributed by atoms with E-state index in [0.717, 1.165) is 44.4 Å². The number of benzene rings is 1. The van der Waals surface area contributed by atoms with Crippen LogP contribution < -0.4 is 14.8 Å². The number of hydrogen-bond acceptors (Lipinski definition) is 4. The van der Waals surface area contributed by atoms with Crippen LogP contribution in [0, 0.1) is 0 Å². The fourth-order valence-corrected chi connectivity index (χ4v) is 4.79. The van der Waals surface area contributed by atoms with Crippen molar-refractivity contribution >= 4 is 11.0 Å². The monoisotopic (exact) mass is 396 g/mol. The van der Waals surface area contributed by atoms with Crippen LogP contribution >= 0.6 is 0 Å². The van der Waals surface area contributed by atoms with E-state index in [1.54, 1.807) is 13.4 Å². The number of ether oxygens (including phenoxy) is 2. The van der Waals surface area contributed by atoms with Gasteiger partial charge in [-0.15, -0.1) is 0 Å². The Hall–Kier alpha value is -0.950. The summed E-state index contributed by atoms with van der Waals surface area (Å²) in [4.78, 5) is 0. The van der Waals surface area contributed by atoms with Gasteiger partial charge in [0.15, 0.2) is 0 Å². The summed E-state index contributed by atoms with van der Waals surface area (Å²) in [7, 11) is 0.775. The van der Waals surface area contributed by atoms with Crippen LogP contribution in [0.4, 0.5) is 0 Å². The van der Waals surface area contributed by atoms with Gasteiger partial charge in [0.1, 0.15) is 5.75 Å². The maximum Gasteiger partial charge on any atom is 0.122 e. The van der Waals surface area contributed by atoms with Crippen molar-refractivity contribution in [1.82, 2.24) is 10.0 Å². The van der Waals surface area contributed by atoms with Gasteiger partial charge in [-0.1, -0.05) is 32.0 Å². The average molecular weight is 397 g/mol. The summed E-state index contributed by atoms with van der Waals surface area (Å²) in [5.74, 6) is 1.57. The van der Waals surface area contributed by atoms with E-state index in [1.165, 1.54) is 5.56 Å². The van der Waals surface area contributed by atoms with E-state index in [-0.39, 0.29) is 12.1 Å². The number of hydrogen-bond donors (Lipinski definition) is 2. The lowest BCUT2D eigenvalue weighted by Crippen LogP contribution is -2.44. The molecule has 0 aromatic heterocycles. The minimum Gasteiger partial charge on any atom is -0.496 e. The molecule has 27 heavy (non-hydrogen) atoms. The summed E-state index contributed by atoms with van der Waals surface area (Å²) >= 11 is 0. The number of para-hydroxylation sites is 1. The van der Waals surface area contributed by atoms with Crippen LogP contribution in [0.3, 0.4) is 0 Å². The summed E-state index contributed by atoms with van der Waals surface area (Å²) in [5, 5.41) is 3.46. The molecule has 1 aromatic carbocycles. The average Bonchev–Trinajstić information content (AvgIpc) is 3.14. The van der Waals surface area contributed by atoms with Crippen LogP contribution in [0.15, 0.2) is 24.3 Å². The molecule has 0 amide bonds. The number of rotatable bonds is 7. The second-order valence-corrected chi connectivity index (χ2v) is 8.22. The Morgan fingerprint density at radius 2 is 1.85 bits per heavy atom. The highest BCUT2D eigenvalue weighted by atomic mass is 32.2. The van der Waals surface area contributed by atoms with Gasteiger partial charge in [0.2, 0.25) is 0 Å². The van der Waals surface area contributed by atoms with Crippen LogP contribution in [-0.2, 0) is 15.7 Å². The fourth-order valence-electron chi connectivity index (χ4n) is 4.08. The Morgan fingerprint density at radius 1 is 1.15 bits per heavy atom. The molecule has 1 unspecified atom stereocenters. The lowest BCUT2D eigenvalue weighted by molar-refractivity contribution is 0.0125. The van der Waals surface area contributed by atoms with Crippen LogP contribution in [-0.4, -0.2) is 48.9 Å². The Morgan fingerprint density at radius 3 is 2.52 bits per heavy atom. The van der Waals surface area contributed by atoms with Gasteiger partial charge in [-0.2, -0.15) is 0 Å². The predicted molar refractivity (Wildman–Crippen MR) is 113 cm³/mol. The molecule has 1 saturated carbocycles. The first-order valence-electron chi connectivity index (χ1n) is 10.2. The van der Waals surface area contributed by atoms with Crippen LogP contribution in [0.25, 0.3) is 0 Å². The summed E-state index contributed by atoms with van der Waals surface area (Å²) in [6.45, 7) is 5.66. The van der Waals surface area contributed by atoms with Gasteiger partial charge in [-0.05, 0) is 56.2 Å². The lowest BCUT2D eigenvalue weighted by atomic mass is 9.82. The molecule has 2 aliphatic rings. The van der Waals surface area contributed by atoms with Gasteiger partial charge >= 0.3 is 0 Å².